The van der Waals surface area contributed by atoms with E-state index < -0.39 is 5.97 Å². The lowest BCUT2D eigenvalue weighted by molar-refractivity contribution is 0.0701. The highest BCUT2D eigenvalue weighted by molar-refractivity contribution is 9.10. The van der Waals surface area contributed by atoms with Crippen molar-refractivity contribution in [2.24, 2.45) is 7.05 Å². The van der Waals surface area contributed by atoms with E-state index in [0.29, 0.717) is 9.35 Å². The topological polar surface area (TPSA) is 42.2 Å². The highest BCUT2D eigenvalue weighted by atomic mass is 79.9. The van der Waals surface area contributed by atoms with Gasteiger partial charge in [-0.3, -0.25) is 0 Å². The van der Waals surface area contributed by atoms with Gasteiger partial charge in [0, 0.05) is 13.2 Å². The first-order valence-electron chi connectivity index (χ1n) is 3.58. The molecule has 0 amide bonds. The van der Waals surface area contributed by atoms with Crippen molar-refractivity contribution in [3.05, 3.63) is 21.6 Å². The number of rotatable bonds is 1. The van der Waals surface area contributed by atoms with Gasteiger partial charge in [0.2, 0.25) is 0 Å². The molecule has 0 saturated heterocycles. The zero-order chi connectivity index (χ0) is 9.59. The van der Waals surface area contributed by atoms with Crippen molar-refractivity contribution in [3.8, 4) is 0 Å². The molecule has 5 heteroatoms. The van der Waals surface area contributed by atoms with Gasteiger partial charge in [0.1, 0.15) is 4.88 Å². The Balaban J connectivity index is 2.82. The molecule has 0 aliphatic rings. The number of hydrogen-bond donors (Lipinski definition) is 1. The summed E-state index contributed by atoms with van der Waals surface area (Å²) in [5, 5.41) is 8.85. The summed E-state index contributed by atoms with van der Waals surface area (Å²) in [6.45, 7) is 0. The predicted molar refractivity (Wildman–Crippen MR) is 55.5 cm³/mol. The molecule has 1 N–H and O–H groups in total. The van der Waals surface area contributed by atoms with Gasteiger partial charge in [0.15, 0.2) is 0 Å². The minimum atomic E-state index is -0.881. The van der Waals surface area contributed by atoms with Crippen LogP contribution in [0.15, 0.2) is 16.7 Å². The van der Waals surface area contributed by atoms with Crippen LogP contribution in [-0.2, 0) is 7.05 Å². The number of carboxylic acids is 1. The molecule has 0 radical (unpaired) electrons. The van der Waals surface area contributed by atoms with Crippen LogP contribution >= 0.6 is 27.3 Å². The largest absolute Gasteiger partial charge is 0.477 e. The summed E-state index contributed by atoms with van der Waals surface area (Å²) in [6, 6.07) is 1.91. The van der Waals surface area contributed by atoms with Crippen LogP contribution in [0.5, 0.6) is 0 Å². The van der Waals surface area contributed by atoms with Gasteiger partial charge in [-0.25, -0.2) is 4.79 Å². The van der Waals surface area contributed by atoms with E-state index in [9.17, 15) is 4.79 Å². The molecule has 0 aliphatic carbocycles. The Morgan fingerprint density at radius 2 is 2.38 bits per heavy atom. The van der Waals surface area contributed by atoms with Gasteiger partial charge in [0.25, 0.3) is 0 Å². The monoisotopic (exact) mass is 259 g/mol. The van der Waals surface area contributed by atoms with E-state index in [4.69, 9.17) is 5.11 Å². The first-order chi connectivity index (χ1) is 6.11. The maximum atomic E-state index is 10.8. The van der Waals surface area contributed by atoms with Gasteiger partial charge in [-0.2, -0.15) is 0 Å². The second-order valence-electron chi connectivity index (χ2n) is 2.69. The third-order valence-electron chi connectivity index (χ3n) is 1.85. The number of carboxylic acid groups (broad SMARTS) is 1. The summed E-state index contributed by atoms with van der Waals surface area (Å²) in [5.41, 5.74) is 0.947. The second-order valence-corrected chi connectivity index (χ2v) is 4.54. The Morgan fingerprint density at radius 1 is 1.69 bits per heavy atom. The first-order valence-corrected chi connectivity index (χ1v) is 5.19. The van der Waals surface area contributed by atoms with Crippen LogP contribution < -0.4 is 0 Å². The van der Waals surface area contributed by atoms with Crippen molar-refractivity contribution in [1.29, 1.82) is 0 Å². The Labute approximate surface area is 86.7 Å². The molecule has 13 heavy (non-hydrogen) atoms. The van der Waals surface area contributed by atoms with Crippen LogP contribution in [-0.4, -0.2) is 15.6 Å². The number of hydrogen-bond acceptors (Lipinski definition) is 2. The standard InChI is InChI=1S/C8H6BrNO2S/c1-10-3-2-4-6(10)5(9)7(13-4)8(11)12/h2-3H,1H3,(H,11,12). The van der Waals surface area contributed by atoms with Crippen molar-refractivity contribution in [2.75, 3.05) is 0 Å². The SMILES string of the molecule is Cn1ccc2sc(C(=O)O)c(Br)c21. The Morgan fingerprint density at radius 3 is 2.92 bits per heavy atom. The van der Waals surface area contributed by atoms with E-state index in [2.05, 4.69) is 15.9 Å². The molecule has 2 heterocycles. The first kappa shape index (κ1) is 8.77. The molecule has 68 valence electrons. The molecule has 0 saturated carbocycles. The second kappa shape index (κ2) is 2.85. The van der Waals surface area contributed by atoms with E-state index in [0.717, 1.165) is 10.2 Å². The third kappa shape index (κ3) is 1.19. The predicted octanol–water partition coefficient (Wildman–Crippen LogP) is 2.70. The van der Waals surface area contributed by atoms with Gasteiger partial charge < -0.3 is 9.67 Å². The van der Waals surface area contributed by atoms with Crippen LogP contribution in [0.25, 0.3) is 10.2 Å². The lowest BCUT2D eigenvalue weighted by Gasteiger charge is -1.93. The molecule has 0 unspecified atom stereocenters. The summed E-state index contributed by atoms with van der Waals surface area (Å²) in [7, 11) is 1.89. The molecular formula is C8H6BrNO2S. The molecule has 0 bridgehead atoms. The van der Waals surface area contributed by atoms with Crippen molar-refractivity contribution in [3.63, 3.8) is 0 Å². The number of aromatic nitrogens is 1. The maximum Gasteiger partial charge on any atom is 0.347 e. The lowest BCUT2D eigenvalue weighted by atomic mass is 10.4. The summed E-state index contributed by atoms with van der Waals surface area (Å²) < 4.78 is 3.57. The Kier molecular flexibility index (Phi) is 1.92. The number of thiophene rings is 1. The number of halogens is 1. The molecule has 2 aromatic heterocycles. The van der Waals surface area contributed by atoms with E-state index in [1.54, 1.807) is 0 Å². The molecule has 0 atom stereocenters. The van der Waals surface area contributed by atoms with Crippen LogP contribution in [0.1, 0.15) is 9.67 Å². The average molecular weight is 260 g/mol. The number of aromatic carboxylic acids is 1. The van der Waals surface area contributed by atoms with Gasteiger partial charge in [-0.1, -0.05) is 0 Å². The van der Waals surface area contributed by atoms with Gasteiger partial charge in [-0.05, 0) is 22.0 Å². The normalized spacial score (nSPS) is 10.9. The fraction of sp³-hybridized carbons (Fsp3) is 0.125. The van der Waals surface area contributed by atoms with Crippen molar-refractivity contribution in [2.45, 2.75) is 0 Å². The van der Waals surface area contributed by atoms with E-state index in [1.807, 2.05) is 23.9 Å². The zero-order valence-electron chi connectivity index (χ0n) is 6.74. The highest BCUT2D eigenvalue weighted by Gasteiger charge is 2.17. The molecular weight excluding hydrogens is 254 g/mol. The Bertz CT molecular complexity index is 486. The van der Waals surface area contributed by atoms with Crippen LogP contribution in [0.3, 0.4) is 0 Å². The number of fused-ring (bicyclic) bond motifs is 1. The minimum absolute atomic E-state index is 0.362. The average Bonchev–Trinajstić information content (AvgIpc) is 2.55. The number of carbonyl (C=O) groups is 1. The summed E-state index contributed by atoms with van der Waals surface area (Å²) in [6.07, 6.45) is 1.91. The molecule has 0 spiro atoms. The summed E-state index contributed by atoms with van der Waals surface area (Å²) in [5.74, 6) is -0.881. The molecule has 0 fully saturated rings. The van der Waals surface area contributed by atoms with Gasteiger partial charge >= 0.3 is 5.97 Å². The number of nitrogens with zero attached hydrogens (tertiary/aromatic N) is 1. The number of aryl methyl sites for hydroxylation is 1. The van der Waals surface area contributed by atoms with Gasteiger partial charge in [-0.15, -0.1) is 11.3 Å². The lowest BCUT2D eigenvalue weighted by Crippen LogP contribution is -1.93. The minimum Gasteiger partial charge on any atom is -0.477 e. The fourth-order valence-electron chi connectivity index (χ4n) is 1.25. The molecule has 0 aliphatic heterocycles. The Hall–Kier alpha value is -0.810. The quantitative estimate of drug-likeness (QED) is 0.856. The third-order valence-corrected chi connectivity index (χ3v) is 4.02. The summed E-state index contributed by atoms with van der Waals surface area (Å²) in [4.78, 5) is 11.1. The van der Waals surface area contributed by atoms with E-state index >= 15 is 0 Å². The van der Waals surface area contributed by atoms with Crippen molar-refractivity contribution >= 4 is 43.5 Å². The highest BCUT2D eigenvalue weighted by Crippen LogP contribution is 2.35. The van der Waals surface area contributed by atoms with Crippen LogP contribution in [0.2, 0.25) is 0 Å². The smallest absolute Gasteiger partial charge is 0.347 e. The van der Waals surface area contributed by atoms with Crippen LogP contribution in [0.4, 0.5) is 0 Å². The molecule has 0 aromatic carbocycles. The molecule has 2 rings (SSSR count). The van der Waals surface area contributed by atoms with E-state index in [-0.39, 0.29) is 0 Å². The van der Waals surface area contributed by atoms with Crippen molar-refractivity contribution < 1.29 is 9.90 Å². The van der Waals surface area contributed by atoms with Gasteiger partial charge in [0.05, 0.1) is 14.7 Å². The van der Waals surface area contributed by atoms with Crippen molar-refractivity contribution in [1.82, 2.24) is 4.57 Å². The van der Waals surface area contributed by atoms with E-state index in [1.165, 1.54) is 11.3 Å². The van der Waals surface area contributed by atoms with Crippen LogP contribution in [0, 0.1) is 0 Å². The molecule has 2 aromatic rings. The molecule has 3 nitrogen and oxygen atoms in total. The fourth-order valence-corrected chi connectivity index (χ4v) is 3.25. The summed E-state index contributed by atoms with van der Waals surface area (Å²) >= 11 is 4.58. The zero-order valence-corrected chi connectivity index (χ0v) is 9.15. The maximum absolute atomic E-state index is 10.8.